The Morgan fingerprint density at radius 2 is 1.85 bits per heavy atom. The fourth-order valence-corrected chi connectivity index (χ4v) is 2.09. The molecule has 0 aliphatic carbocycles. The number of hydrogen-bond donors (Lipinski definition) is 2. The van der Waals surface area contributed by atoms with Crippen molar-refractivity contribution in [3.05, 3.63) is 35.8 Å². The number of benzene rings is 1. The first-order valence-corrected chi connectivity index (χ1v) is 6.94. The van der Waals surface area contributed by atoms with Crippen LogP contribution in [0.25, 0.3) is 11.3 Å². The van der Waals surface area contributed by atoms with Crippen LogP contribution in [0, 0.1) is 6.92 Å². The van der Waals surface area contributed by atoms with Crippen molar-refractivity contribution in [2.75, 3.05) is 6.54 Å². The highest BCUT2D eigenvalue weighted by atomic mass is 16.5. The van der Waals surface area contributed by atoms with Crippen molar-refractivity contribution in [1.82, 2.24) is 9.97 Å². The molecule has 20 heavy (non-hydrogen) atoms. The zero-order valence-electron chi connectivity index (χ0n) is 12.7. The van der Waals surface area contributed by atoms with E-state index in [-0.39, 0.29) is 5.60 Å². The van der Waals surface area contributed by atoms with Crippen LogP contribution in [0.5, 0.6) is 5.75 Å². The summed E-state index contributed by atoms with van der Waals surface area (Å²) in [5.41, 5.74) is 8.51. The molecule has 1 aromatic heterocycles. The number of aryl methyl sites for hydroxylation is 1. The number of aromatic amines is 1. The van der Waals surface area contributed by atoms with Crippen LogP contribution in [0.2, 0.25) is 0 Å². The zero-order valence-corrected chi connectivity index (χ0v) is 12.7. The molecule has 0 spiro atoms. The SMILES string of the molecule is Cc1[nH]c(CCN)nc1-c1ccc(OC(C)(C)C)cc1. The first-order chi connectivity index (χ1) is 9.39. The van der Waals surface area contributed by atoms with Gasteiger partial charge in [0.25, 0.3) is 0 Å². The van der Waals surface area contributed by atoms with Gasteiger partial charge in [-0.1, -0.05) is 0 Å². The van der Waals surface area contributed by atoms with Gasteiger partial charge in [-0.2, -0.15) is 0 Å². The number of nitrogens with zero attached hydrogens (tertiary/aromatic N) is 1. The predicted octanol–water partition coefficient (Wildman–Crippen LogP) is 3.06. The number of aromatic nitrogens is 2. The number of rotatable bonds is 4. The molecule has 1 aromatic carbocycles. The van der Waals surface area contributed by atoms with Crippen molar-refractivity contribution in [3.8, 4) is 17.0 Å². The van der Waals surface area contributed by atoms with Gasteiger partial charge >= 0.3 is 0 Å². The summed E-state index contributed by atoms with van der Waals surface area (Å²) in [4.78, 5) is 7.87. The van der Waals surface area contributed by atoms with E-state index < -0.39 is 0 Å². The monoisotopic (exact) mass is 273 g/mol. The molecule has 0 radical (unpaired) electrons. The normalized spacial score (nSPS) is 11.7. The predicted molar refractivity (Wildman–Crippen MR) is 81.9 cm³/mol. The highest BCUT2D eigenvalue weighted by molar-refractivity contribution is 5.62. The molecule has 0 fully saturated rings. The van der Waals surface area contributed by atoms with Gasteiger partial charge in [-0.25, -0.2) is 4.98 Å². The fourth-order valence-electron chi connectivity index (χ4n) is 2.09. The lowest BCUT2D eigenvalue weighted by molar-refractivity contribution is 0.131. The molecule has 0 saturated carbocycles. The van der Waals surface area contributed by atoms with E-state index in [1.807, 2.05) is 52.0 Å². The molecular weight excluding hydrogens is 250 g/mol. The summed E-state index contributed by atoms with van der Waals surface area (Å²) in [6.45, 7) is 8.75. The smallest absolute Gasteiger partial charge is 0.120 e. The van der Waals surface area contributed by atoms with Gasteiger partial charge in [-0.3, -0.25) is 0 Å². The van der Waals surface area contributed by atoms with Crippen LogP contribution in [0.4, 0.5) is 0 Å². The first kappa shape index (κ1) is 14.6. The second-order valence-electron chi connectivity index (χ2n) is 5.93. The van der Waals surface area contributed by atoms with E-state index in [0.29, 0.717) is 6.54 Å². The van der Waals surface area contributed by atoms with Gasteiger partial charge in [0.15, 0.2) is 0 Å². The number of imidazole rings is 1. The Balaban J connectivity index is 2.21. The lowest BCUT2D eigenvalue weighted by atomic mass is 10.1. The third-order valence-corrected chi connectivity index (χ3v) is 2.87. The Bertz CT molecular complexity index is 564. The van der Waals surface area contributed by atoms with Gasteiger partial charge in [0.05, 0.1) is 5.69 Å². The van der Waals surface area contributed by atoms with Crippen LogP contribution in [0.3, 0.4) is 0 Å². The minimum atomic E-state index is -0.182. The number of ether oxygens (including phenoxy) is 1. The maximum Gasteiger partial charge on any atom is 0.120 e. The molecule has 1 heterocycles. The molecule has 0 aliphatic heterocycles. The molecule has 0 atom stereocenters. The molecule has 3 N–H and O–H groups in total. The van der Waals surface area contributed by atoms with Crippen molar-refractivity contribution in [2.24, 2.45) is 5.73 Å². The number of nitrogens with one attached hydrogen (secondary N) is 1. The minimum Gasteiger partial charge on any atom is -0.488 e. The lowest BCUT2D eigenvalue weighted by Gasteiger charge is -2.21. The molecule has 108 valence electrons. The molecule has 4 heteroatoms. The summed E-state index contributed by atoms with van der Waals surface area (Å²) in [6, 6.07) is 8.04. The van der Waals surface area contributed by atoms with E-state index in [9.17, 15) is 0 Å². The highest BCUT2D eigenvalue weighted by Gasteiger charge is 2.13. The Morgan fingerprint density at radius 1 is 1.20 bits per heavy atom. The fraction of sp³-hybridized carbons (Fsp3) is 0.438. The summed E-state index contributed by atoms with van der Waals surface area (Å²) in [7, 11) is 0. The lowest BCUT2D eigenvalue weighted by Crippen LogP contribution is -2.22. The highest BCUT2D eigenvalue weighted by Crippen LogP contribution is 2.25. The second-order valence-corrected chi connectivity index (χ2v) is 5.93. The van der Waals surface area contributed by atoms with Crippen molar-refractivity contribution in [2.45, 2.75) is 39.7 Å². The summed E-state index contributed by atoms with van der Waals surface area (Å²) in [5.74, 6) is 1.81. The molecule has 0 amide bonds. The first-order valence-electron chi connectivity index (χ1n) is 6.94. The van der Waals surface area contributed by atoms with Gasteiger partial charge < -0.3 is 15.5 Å². The van der Waals surface area contributed by atoms with Crippen molar-refractivity contribution >= 4 is 0 Å². The summed E-state index contributed by atoms with van der Waals surface area (Å²) < 4.78 is 5.82. The molecule has 0 aliphatic rings. The van der Waals surface area contributed by atoms with E-state index in [2.05, 4.69) is 9.97 Å². The van der Waals surface area contributed by atoms with E-state index in [1.54, 1.807) is 0 Å². The van der Waals surface area contributed by atoms with Crippen molar-refractivity contribution in [1.29, 1.82) is 0 Å². The van der Waals surface area contributed by atoms with Crippen molar-refractivity contribution < 1.29 is 4.74 Å². The standard InChI is InChI=1S/C16H23N3O/c1-11-15(19-14(18-11)9-10-17)12-5-7-13(8-6-12)20-16(2,3)4/h5-8H,9-10,17H2,1-4H3,(H,18,19). The molecule has 0 bridgehead atoms. The Labute approximate surface area is 120 Å². The van der Waals surface area contributed by atoms with E-state index in [1.165, 1.54) is 0 Å². The number of hydrogen-bond acceptors (Lipinski definition) is 3. The van der Waals surface area contributed by atoms with E-state index in [0.717, 1.165) is 34.9 Å². The maximum absolute atomic E-state index is 5.82. The molecular formula is C16H23N3O. The largest absolute Gasteiger partial charge is 0.488 e. The number of H-pyrrole nitrogens is 1. The Hall–Kier alpha value is -1.81. The quantitative estimate of drug-likeness (QED) is 0.900. The van der Waals surface area contributed by atoms with E-state index in [4.69, 9.17) is 10.5 Å². The maximum atomic E-state index is 5.82. The Morgan fingerprint density at radius 3 is 2.40 bits per heavy atom. The summed E-state index contributed by atoms with van der Waals surface area (Å²) in [5, 5.41) is 0. The minimum absolute atomic E-state index is 0.182. The van der Waals surface area contributed by atoms with Crippen LogP contribution in [0.1, 0.15) is 32.3 Å². The molecule has 2 aromatic rings. The molecule has 2 rings (SSSR count). The Kier molecular flexibility index (Phi) is 4.14. The van der Waals surface area contributed by atoms with Gasteiger partial charge in [0.2, 0.25) is 0 Å². The molecule has 0 saturated heterocycles. The van der Waals surface area contributed by atoms with Crippen molar-refractivity contribution in [3.63, 3.8) is 0 Å². The van der Waals surface area contributed by atoms with Crippen LogP contribution in [-0.2, 0) is 6.42 Å². The van der Waals surface area contributed by atoms with Gasteiger partial charge in [-0.05, 0) is 58.5 Å². The third-order valence-electron chi connectivity index (χ3n) is 2.87. The van der Waals surface area contributed by atoms with Gasteiger partial charge in [0.1, 0.15) is 17.2 Å². The number of nitrogens with two attached hydrogens (primary N) is 1. The molecule has 0 unspecified atom stereocenters. The van der Waals surface area contributed by atoms with Crippen LogP contribution < -0.4 is 10.5 Å². The topological polar surface area (TPSA) is 63.9 Å². The van der Waals surface area contributed by atoms with Gasteiger partial charge in [-0.15, -0.1) is 0 Å². The molecule has 4 nitrogen and oxygen atoms in total. The zero-order chi connectivity index (χ0) is 14.8. The van der Waals surface area contributed by atoms with Crippen LogP contribution in [-0.4, -0.2) is 22.1 Å². The average molecular weight is 273 g/mol. The van der Waals surface area contributed by atoms with Crippen LogP contribution >= 0.6 is 0 Å². The average Bonchev–Trinajstić information content (AvgIpc) is 2.70. The third kappa shape index (κ3) is 3.61. The van der Waals surface area contributed by atoms with E-state index >= 15 is 0 Å². The summed E-state index contributed by atoms with van der Waals surface area (Å²) in [6.07, 6.45) is 0.770. The summed E-state index contributed by atoms with van der Waals surface area (Å²) >= 11 is 0. The second kappa shape index (κ2) is 5.67. The van der Waals surface area contributed by atoms with Crippen LogP contribution in [0.15, 0.2) is 24.3 Å². The van der Waals surface area contributed by atoms with Gasteiger partial charge in [0, 0.05) is 17.7 Å².